The maximum atomic E-state index is 13.2. The summed E-state index contributed by atoms with van der Waals surface area (Å²) in [5.74, 6) is -1.07. The topological polar surface area (TPSA) is 71.0 Å². The van der Waals surface area contributed by atoms with Crippen LogP contribution in [-0.2, 0) is 20.5 Å². The standard InChI is InChI=1S/C22H19BF3N3O3/c23-16-7-5-14(6-8-16)19-20(31)29(21(28-19)9-2-10-32-13-21)12-18(30)27-17-4-1-3-15(11-17)22(24,25)26/h1,3-8,11H,2,9-10,12-13H2,(H,27,30). The highest BCUT2D eigenvalue weighted by molar-refractivity contribution is 6.47. The van der Waals surface area contributed by atoms with Crippen molar-refractivity contribution in [3.63, 3.8) is 0 Å². The number of anilines is 1. The summed E-state index contributed by atoms with van der Waals surface area (Å²) in [5, 5.41) is 2.44. The maximum absolute atomic E-state index is 13.2. The molecule has 0 aromatic heterocycles. The predicted octanol–water partition coefficient (Wildman–Crippen LogP) is 2.28. The van der Waals surface area contributed by atoms with Crippen molar-refractivity contribution in [1.82, 2.24) is 4.90 Å². The molecule has 2 heterocycles. The zero-order valence-corrected chi connectivity index (χ0v) is 17.0. The predicted molar refractivity (Wildman–Crippen MR) is 113 cm³/mol. The molecule has 4 rings (SSSR count). The number of hydrogen-bond donors (Lipinski definition) is 1. The van der Waals surface area contributed by atoms with Crippen molar-refractivity contribution < 1.29 is 27.5 Å². The first-order valence-electron chi connectivity index (χ1n) is 10.0. The van der Waals surface area contributed by atoms with E-state index >= 15 is 0 Å². The number of carbonyl (C=O) groups is 2. The molecule has 1 saturated heterocycles. The second-order valence-electron chi connectivity index (χ2n) is 7.74. The largest absolute Gasteiger partial charge is 0.416 e. The molecule has 1 fully saturated rings. The molecule has 0 saturated carbocycles. The van der Waals surface area contributed by atoms with Crippen molar-refractivity contribution in [2.75, 3.05) is 25.1 Å². The van der Waals surface area contributed by atoms with Gasteiger partial charge in [-0.1, -0.05) is 35.8 Å². The number of alkyl halides is 3. The van der Waals surface area contributed by atoms with E-state index in [1.54, 1.807) is 24.3 Å². The van der Waals surface area contributed by atoms with E-state index < -0.39 is 29.2 Å². The summed E-state index contributed by atoms with van der Waals surface area (Å²) >= 11 is 0. The van der Waals surface area contributed by atoms with Crippen molar-refractivity contribution in [2.45, 2.75) is 24.7 Å². The summed E-state index contributed by atoms with van der Waals surface area (Å²) < 4.78 is 44.4. The summed E-state index contributed by atoms with van der Waals surface area (Å²) in [6, 6.07) is 11.0. The van der Waals surface area contributed by atoms with Crippen molar-refractivity contribution in [2.24, 2.45) is 4.99 Å². The van der Waals surface area contributed by atoms with E-state index in [0.717, 1.165) is 12.1 Å². The van der Waals surface area contributed by atoms with Crippen molar-refractivity contribution in [3.05, 3.63) is 59.7 Å². The Hall–Kier alpha value is -3.14. The minimum absolute atomic E-state index is 0.00917. The Morgan fingerprint density at radius 1 is 1.22 bits per heavy atom. The van der Waals surface area contributed by atoms with Crippen LogP contribution in [0.3, 0.4) is 0 Å². The summed E-state index contributed by atoms with van der Waals surface area (Å²) in [7, 11) is 5.72. The van der Waals surface area contributed by atoms with Gasteiger partial charge in [0.25, 0.3) is 5.91 Å². The average molecular weight is 441 g/mol. The average Bonchev–Trinajstić information content (AvgIpc) is 3.00. The molecular weight excluding hydrogens is 422 g/mol. The van der Waals surface area contributed by atoms with Gasteiger partial charge in [0.2, 0.25) is 5.91 Å². The number of aliphatic imine (C=N–C) groups is 1. The van der Waals surface area contributed by atoms with Gasteiger partial charge in [0.15, 0.2) is 5.66 Å². The maximum Gasteiger partial charge on any atom is 0.416 e. The molecule has 0 bridgehead atoms. The second kappa shape index (κ2) is 8.42. The first-order chi connectivity index (χ1) is 15.2. The molecule has 164 valence electrons. The van der Waals surface area contributed by atoms with Gasteiger partial charge in [0.1, 0.15) is 20.1 Å². The zero-order chi connectivity index (χ0) is 22.9. The van der Waals surface area contributed by atoms with Crippen LogP contribution in [0, 0.1) is 0 Å². The Morgan fingerprint density at radius 2 is 1.97 bits per heavy atom. The highest BCUT2D eigenvalue weighted by atomic mass is 19.4. The number of halogens is 3. The fourth-order valence-corrected chi connectivity index (χ4v) is 3.86. The molecule has 6 nitrogen and oxygen atoms in total. The Morgan fingerprint density at radius 3 is 2.62 bits per heavy atom. The molecule has 0 aliphatic carbocycles. The van der Waals surface area contributed by atoms with E-state index in [9.17, 15) is 22.8 Å². The number of nitrogens with zero attached hydrogens (tertiary/aromatic N) is 2. The molecule has 1 N–H and O–H groups in total. The molecular formula is C22H19BF3N3O3. The highest BCUT2D eigenvalue weighted by Gasteiger charge is 2.49. The highest BCUT2D eigenvalue weighted by Crippen LogP contribution is 2.34. The van der Waals surface area contributed by atoms with Crippen molar-refractivity contribution in [1.29, 1.82) is 0 Å². The van der Waals surface area contributed by atoms with Gasteiger partial charge < -0.3 is 15.0 Å². The second-order valence-corrected chi connectivity index (χ2v) is 7.74. The molecule has 2 aliphatic rings. The van der Waals surface area contributed by atoms with Crippen LogP contribution in [0.25, 0.3) is 0 Å². The van der Waals surface area contributed by atoms with Crippen LogP contribution in [-0.4, -0.2) is 55.7 Å². The summed E-state index contributed by atoms with van der Waals surface area (Å²) in [4.78, 5) is 31.9. The lowest BCUT2D eigenvalue weighted by Crippen LogP contribution is -2.54. The molecule has 2 aromatic rings. The lowest BCUT2D eigenvalue weighted by atomic mass is 9.94. The number of nitrogens with one attached hydrogen (secondary N) is 1. The van der Waals surface area contributed by atoms with Gasteiger partial charge in [0, 0.05) is 17.9 Å². The number of hydrogen-bond acceptors (Lipinski definition) is 4. The normalized spacial score (nSPS) is 21.0. The first-order valence-corrected chi connectivity index (χ1v) is 10.0. The number of carbonyl (C=O) groups excluding carboxylic acids is 2. The van der Waals surface area contributed by atoms with Gasteiger partial charge in [-0.05, 0) is 31.0 Å². The summed E-state index contributed by atoms with van der Waals surface area (Å²) in [6.07, 6.45) is -3.37. The van der Waals surface area contributed by atoms with E-state index in [1.807, 2.05) is 0 Å². The van der Waals surface area contributed by atoms with Gasteiger partial charge in [0.05, 0.1) is 12.2 Å². The van der Waals surface area contributed by atoms with Gasteiger partial charge >= 0.3 is 6.18 Å². The Balaban J connectivity index is 1.56. The molecule has 2 radical (unpaired) electrons. The van der Waals surface area contributed by atoms with Crippen LogP contribution in [0.5, 0.6) is 0 Å². The summed E-state index contributed by atoms with van der Waals surface area (Å²) in [6.45, 7) is 0.279. The Labute approximate surface area is 183 Å². The minimum atomic E-state index is -4.53. The lowest BCUT2D eigenvalue weighted by Gasteiger charge is -2.38. The van der Waals surface area contributed by atoms with E-state index in [2.05, 4.69) is 10.3 Å². The van der Waals surface area contributed by atoms with E-state index in [1.165, 1.54) is 17.0 Å². The molecule has 1 unspecified atom stereocenters. The van der Waals surface area contributed by atoms with Gasteiger partial charge in [-0.3, -0.25) is 9.59 Å². The molecule has 1 spiro atoms. The van der Waals surface area contributed by atoms with Gasteiger partial charge in [-0.2, -0.15) is 13.2 Å². The fraction of sp³-hybridized carbons (Fsp3) is 0.318. The minimum Gasteiger partial charge on any atom is -0.377 e. The Kier molecular flexibility index (Phi) is 5.81. The monoisotopic (exact) mass is 441 g/mol. The molecule has 2 amide bonds. The third-order valence-electron chi connectivity index (χ3n) is 5.43. The number of rotatable bonds is 4. The fourth-order valence-electron chi connectivity index (χ4n) is 3.86. The van der Waals surface area contributed by atoms with Crippen LogP contribution < -0.4 is 10.8 Å². The van der Waals surface area contributed by atoms with Crippen LogP contribution in [0.2, 0.25) is 0 Å². The van der Waals surface area contributed by atoms with Gasteiger partial charge in [-0.15, -0.1) is 0 Å². The van der Waals surface area contributed by atoms with Gasteiger partial charge in [-0.25, -0.2) is 4.99 Å². The van der Waals surface area contributed by atoms with E-state index in [-0.39, 0.29) is 24.6 Å². The van der Waals surface area contributed by atoms with Crippen LogP contribution in [0.4, 0.5) is 18.9 Å². The Bertz CT molecular complexity index is 1060. The third kappa shape index (κ3) is 4.41. The van der Waals surface area contributed by atoms with Crippen LogP contribution >= 0.6 is 0 Å². The molecule has 2 aliphatic heterocycles. The summed E-state index contributed by atoms with van der Waals surface area (Å²) in [5.41, 5.74) is -0.620. The van der Waals surface area contributed by atoms with Crippen LogP contribution in [0.1, 0.15) is 24.0 Å². The van der Waals surface area contributed by atoms with Crippen molar-refractivity contribution >= 4 is 36.5 Å². The number of amides is 2. The molecule has 2 aromatic carbocycles. The third-order valence-corrected chi connectivity index (χ3v) is 5.43. The van der Waals surface area contributed by atoms with E-state index in [4.69, 9.17) is 12.6 Å². The SMILES string of the molecule is [B]c1ccc(C2=NC3(CCCOC3)N(CC(=O)Nc3cccc(C(F)(F)F)c3)C2=O)cc1. The smallest absolute Gasteiger partial charge is 0.377 e. The van der Waals surface area contributed by atoms with Crippen LogP contribution in [0.15, 0.2) is 53.5 Å². The van der Waals surface area contributed by atoms with E-state index in [0.29, 0.717) is 30.5 Å². The first kappa shape index (κ1) is 22.1. The quantitative estimate of drug-likeness (QED) is 0.741. The number of ether oxygens (including phenoxy) is 1. The number of benzene rings is 2. The lowest BCUT2D eigenvalue weighted by molar-refractivity contribution is -0.137. The zero-order valence-electron chi connectivity index (χ0n) is 17.0. The molecule has 32 heavy (non-hydrogen) atoms. The molecule has 1 atom stereocenters. The van der Waals surface area contributed by atoms with Crippen molar-refractivity contribution in [3.8, 4) is 0 Å². The molecule has 10 heteroatoms.